The van der Waals surface area contributed by atoms with Crippen molar-refractivity contribution in [1.29, 1.82) is 0 Å². The van der Waals surface area contributed by atoms with E-state index < -0.39 is 58.8 Å². The fourth-order valence-electron chi connectivity index (χ4n) is 3.34. The van der Waals surface area contributed by atoms with Gasteiger partial charge >= 0.3 is 21.7 Å². The third-order valence-corrected chi connectivity index (χ3v) is 6.26. The van der Waals surface area contributed by atoms with Gasteiger partial charge < -0.3 is 4.74 Å². The molecule has 2 aromatic carbocycles. The van der Waals surface area contributed by atoms with Crippen LogP contribution in [-0.4, -0.2) is 49.8 Å². The minimum Gasteiger partial charge on any atom is -0.445 e. The number of hydrogen-bond donors (Lipinski definition) is 0. The van der Waals surface area contributed by atoms with Crippen molar-refractivity contribution in [3.8, 4) is 0 Å². The van der Waals surface area contributed by atoms with Gasteiger partial charge in [0.1, 0.15) is 24.7 Å². The Labute approximate surface area is 191 Å². The lowest BCUT2D eigenvalue weighted by atomic mass is 10.0. The maximum atomic E-state index is 14.7. The molecule has 0 aromatic heterocycles. The van der Waals surface area contributed by atoms with Crippen LogP contribution in [0.4, 0.5) is 26.7 Å². The van der Waals surface area contributed by atoms with Crippen LogP contribution in [0.3, 0.4) is 0 Å². The van der Waals surface area contributed by atoms with Crippen LogP contribution in [0, 0.1) is 5.82 Å². The normalized spacial score (nSPS) is 21.3. The quantitative estimate of drug-likeness (QED) is 0.320. The van der Waals surface area contributed by atoms with Crippen molar-refractivity contribution in [2.75, 3.05) is 6.54 Å². The first-order chi connectivity index (χ1) is 15.4. The van der Waals surface area contributed by atoms with Gasteiger partial charge in [0.25, 0.3) is 0 Å². The number of amides is 1. The largest absolute Gasteiger partial charge is 0.523 e. The second kappa shape index (κ2) is 9.82. The molecule has 2 aromatic rings. The van der Waals surface area contributed by atoms with E-state index in [4.69, 9.17) is 16.3 Å². The van der Waals surface area contributed by atoms with Crippen LogP contribution in [0.15, 0.2) is 48.5 Å². The van der Waals surface area contributed by atoms with Crippen LogP contribution in [0.25, 0.3) is 0 Å². The van der Waals surface area contributed by atoms with Crippen LogP contribution >= 0.6 is 11.6 Å². The first kappa shape index (κ1) is 25.2. The van der Waals surface area contributed by atoms with Gasteiger partial charge in [0.15, 0.2) is 0 Å². The molecule has 3 rings (SSSR count). The Morgan fingerprint density at radius 3 is 2.42 bits per heavy atom. The highest BCUT2D eigenvalue weighted by Crippen LogP contribution is 2.34. The molecule has 13 heteroatoms. The number of rotatable bonds is 6. The molecule has 0 unspecified atom stereocenters. The highest BCUT2D eigenvalue weighted by Gasteiger charge is 2.54. The van der Waals surface area contributed by atoms with Crippen LogP contribution in [0.5, 0.6) is 0 Å². The van der Waals surface area contributed by atoms with E-state index in [1.54, 1.807) is 30.3 Å². The zero-order valence-corrected chi connectivity index (χ0v) is 18.2. The van der Waals surface area contributed by atoms with E-state index in [-0.39, 0.29) is 17.2 Å². The van der Waals surface area contributed by atoms with Crippen molar-refractivity contribution in [3.63, 3.8) is 0 Å². The summed E-state index contributed by atoms with van der Waals surface area (Å²) in [5, 5.41) is -0.319. The summed E-state index contributed by atoms with van der Waals surface area (Å²) in [6.07, 6.45) is -6.28. The fourth-order valence-corrected chi connectivity index (χ4v) is 4.19. The molecule has 0 N–H and O–H groups in total. The number of halogens is 6. The summed E-state index contributed by atoms with van der Waals surface area (Å²) in [4.78, 5) is 13.3. The molecule has 0 bridgehead atoms. The minimum absolute atomic E-state index is 0.180. The van der Waals surface area contributed by atoms with E-state index >= 15 is 0 Å². The van der Waals surface area contributed by atoms with Crippen molar-refractivity contribution in [3.05, 3.63) is 70.5 Å². The molecule has 1 aliphatic rings. The van der Waals surface area contributed by atoms with Gasteiger partial charge in [0.05, 0.1) is 17.6 Å². The number of alkyl halides is 4. The molecular formula is C20H17ClF5NO5S. The van der Waals surface area contributed by atoms with Gasteiger partial charge in [-0.15, -0.1) is 0 Å². The average molecular weight is 514 g/mol. The Morgan fingerprint density at radius 1 is 1.12 bits per heavy atom. The van der Waals surface area contributed by atoms with Gasteiger partial charge in [-0.05, 0) is 23.6 Å². The fraction of sp³-hybridized carbons (Fsp3) is 0.350. The lowest BCUT2D eigenvalue weighted by molar-refractivity contribution is -0.0602. The summed E-state index contributed by atoms with van der Waals surface area (Å²) < 4.78 is 99.9. The topological polar surface area (TPSA) is 72.9 Å². The minimum atomic E-state index is -6.20. The molecule has 1 saturated heterocycles. The van der Waals surface area contributed by atoms with E-state index in [9.17, 15) is 35.2 Å². The van der Waals surface area contributed by atoms with Crippen LogP contribution in [0.1, 0.15) is 11.1 Å². The van der Waals surface area contributed by atoms with E-state index in [1.807, 2.05) is 0 Å². The molecule has 33 heavy (non-hydrogen) atoms. The highest BCUT2D eigenvalue weighted by molar-refractivity contribution is 7.87. The predicted octanol–water partition coefficient (Wildman–Crippen LogP) is 4.62. The molecule has 180 valence electrons. The molecule has 0 saturated carbocycles. The molecule has 3 atom stereocenters. The number of benzene rings is 2. The Morgan fingerprint density at radius 2 is 1.79 bits per heavy atom. The smallest absolute Gasteiger partial charge is 0.445 e. The Kier molecular flexibility index (Phi) is 7.49. The Hall–Kier alpha value is -2.44. The second-order valence-corrected chi connectivity index (χ2v) is 9.12. The molecule has 0 aliphatic carbocycles. The summed E-state index contributed by atoms with van der Waals surface area (Å²) in [6, 6.07) is 10.5. The molecular weight excluding hydrogens is 497 g/mol. The molecule has 1 fully saturated rings. The van der Waals surface area contributed by atoms with Gasteiger partial charge in [-0.25, -0.2) is 13.6 Å². The van der Waals surface area contributed by atoms with Gasteiger partial charge in [-0.2, -0.15) is 21.6 Å². The van der Waals surface area contributed by atoms with Gasteiger partial charge in [0, 0.05) is 0 Å². The van der Waals surface area contributed by atoms with Crippen LogP contribution in [-0.2, 0) is 32.1 Å². The van der Waals surface area contributed by atoms with Crippen molar-refractivity contribution < 1.29 is 44.1 Å². The maximum absolute atomic E-state index is 14.7. The van der Waals surface area contributed by atoms with Crippen molar-refractivity contribution in [2.24, 2.45) is 0 Å². The standard InChI is InChI=1S/C20H17ClF5NO5S/c21-14-8-4-7-13(17(14)23)9-16-18(32-33(29,30)20(24,25)26)15(22)10-27(16)19(28)31-11-12-5-2-1-3-6-12/h1-8,15-16,18H,9-11H2/t15-,16-,18+/m0/s1. The summed E-state index contributed by atoms with van der Waals surface area (Å²) >= 11 is 5.72. The molecule has 0 radical (unpaired) electrons. The maximum Gasteiger partial charge on any atom is 0.523 e. The number of likely N-dealkylation sites (tertiary alicyclic amines) is 1. The predicted molar refractivity (Wildman–Crippen MR) is 107 cm³/mol. The third-order valence-electron chi connectivity index (χ3n) is 4.93. The number of ether oxygens (including phenoxy) is 1. The third kappa shape index (κ3) is 5.74. The second-order valence-electron chi connectivity index (χ2n) is 7.15. The summed E-state index contributed by atoms with van der Waals surface area (Å²) in [7, 11) is -6.20. The lowest BCUT2D eigenvalue weighted by Crippen LogP contribution is -2.44. The van der Waals surface area contributed by atoms with Crippen LogP contribution < -0.4 is 0 Å². The van der Waals surface area contributed by atoms with Gasteiger partial charge in [0.2, 0.25) is 0 Å². The van der Waals surface area contributed by atoms with E-state index in [0.29, 0.717) is 10.5 Å². The SMILES string of the molecule is O=C(OCc1ccccc1)N1C[C@H](F)[C@@H](OS(=O)(=O)C(F)(F)F)[C@@H]1Cc1cccc(Cl)c1F. The number of carbonyl (C=O) groups is 1. The zero-order valence-electron chi connectivity index (χ0n) is 16.6. The van der Waals surface area contributed by atoms with Gasteiger partial charge in [-0.3, -0.25) is 9.08 Å². The summed E-state index contributed by atoms with van der Waals surface area (Å²) in [5.41, 5.74) is -5.42. The number of nitrogens with zero attached hydrogens (tertiary/aromatic N) is 1. The first-order valence-electron chi connectivity index (χ1n) is 9.44. The first-order valence-corrected chi connectivity index (χ1v) is 11.2. The highest BCUT2D eigenvalue weighted by atomic mass is 35.5. The van der Waals surface area contributed by atoms with Crippen LogP contribution in [0.2, 0.25) is 5.02 Å². The molecule has 1 amide bonds. The van der Waals surface area contributed by atoms with Crippen molar-refractivity contribution >= 4 is 27.8 Å². The van der Waals surface area contributed by atoms with Crippen molar-refractivity contribution in [2.45, 2.75) is 36.9 Å². The van der Waals surface area contributed by atoms with Crippen molar-refractivity contribution in [1.82, 2.24) is 4.90 Å². The monoisotopic (exact) mass is 513 g/mol. The zero-order chi connectivity index (χ0) is 24.4. The summed E-state index contributed by atoms with van der Waals surface area (Å²) in [5.74, 6) is -0.948. The molecule has 1 aliphatic heterocycles. The number of hydrogen-bond acceptors (Lipinski definition) is 5. The molecule has 1 heterocycles. The van der Waals surface area contributed by atoms with E-state index in [0.717, 1.165) is 0 Å². The van der Waals surface area contributed by atoms with E-state index in [2.05, 4.69) is 4.18 Å². The molecule has 0 spiro atoms. The van der Waals surface area contributed by atoms with E-state index in [1.165, 1.54) is 18.2 Å². The summed E-state index contributed by atoms with van der Waals surface area (Å²) in [6.45, 7) is -1.06. The molecule has 6 nitrogen and oxygen atoms in total. The lowest BCUT2D eigenvalue weighted by Gasteiger charge is -2.27. The Balaban J connectivity index is 1.88. The number of carbonyl (C=O) groups excluding carboxylic acids is 1. The Bertz CT molecular complexity index is 1100. The van der Waals surface area contributed by atoms with Gasteiger partial charge in [-0.1, -0.05) is 54.1 Å². The average Bonchev–Trinajstić information content (AvgIpc) is 3.04.